The predicted octanol–water partition coefficient (Wildman–Crippen LogP) is 3.96. The molecule has 0 radical (unpaired) electrons. The average molecular weight is 701 g/mol. The van der Waals surface area contributed by atoms with Crippen molar-refractivity contribution in [1.29, 1.82) is 0 Å². The Kier molecular flexibility index (Phi) is 30.2. The molecule has 0 saturated carbocycles. The minimum absolute atomic E-state index is 0.0261. The van der Waals surface area contributed by atoms with E-state index in [-0.39, 0.29) is 70.0 Å². The van der Waals surface area contributed by atoms with Gasteiger partial charge in [-0.25, -0.2) is 0 Å². The van der Waals surface area contributed by atoms with Gasteiger partial charge in [0.25, 0.3) is 0 Å². The molecule has 46 heavy (non-hydrogen) atoms. The standard InChI is InChI=1S/C31H61N2O11PS/c1-3-5-6-7-8-9-10-11-12-13-14-15-30(35)43-24-27(44-29(34)4-2)25-46-26-28(32)31(36)33-16-17-40-18-19-41-20-21-42-22-23-45(37,38)39/h27-28H,3-26,32H2,1-2H3,(H,33,36)(H2,37,38,39)/t27-,28+/m1/s1. The maximum absolute atomic E-state index is 12.3. The lowest BCUT2D eigenvalue weighted by atomic mass is 10.1. The van der Waals surface area contributed by atoms with Gasteiger partial charge in [-0.1, -0.05) is 78.1 Å². The van der Waals surface area contributed by atoms with Crippen LogP contribution < -0.4 is 11.1 Å². The van der Waals surface area contributed by atoms with Crippen molar-refractivity contribution in [3.05, 3.63) is 0 Å². The Balaban J connectivity index is 3.96. The van der Waals surface area contributed by atoms with E-state index in [0.29, 0.717) is 31.1 Å². The van der Waals surface area contributed by atoms with Crippen LogP contribution in [0, 0.1) is 0 Å². The second-order valence-corrected chi connectivity index (χ2v) is 13.9. The number of carbonyl (C=O) groups excluding carboxylic acids is 3. The molecular formula is C31H61N2O11PS. The molecule has 15 heteroatoms. The molecule has 0 fully saturated rings. The van der Waals surface area contributed by atoms with E-state index < -0.39 is 19.7 Å². The number of thioether (sulfide) groups is 1. The molecule has 0 aliphatic carbocycles. The van der Waals surface area contributed by atoms with E-state index in [1.807, 2.05) is 0 Å². The molecule has 1 amide bonds. The quantitative estimate of drug-likeness (QED) is 0.0437. The van der Waals surface area contributed by atoms with E-state index in [9.17, 15) is 18.9 Å². The van der Waals surface area contributed by atoms with Crippen LogP contribution >= 0.6 is 19.4 Å². The lowest BCUT2D eigenvalue weighted by molar-refractivity contribution is -0.157. The lowest BCUT2D eigenvalue weighted by Crippen LogP contribution is -2.43. The summed E-state index contributed by atoms with van der Waals surface area (Å²) in [5.74, 6) is -0.375. The van der Waals surface area contributed by atoms with Gasteiger partial charge in [-0.15, -0.1) is 0 Å². The highest BCUT2D eigenvalue weighted by Gasteiger charge is 2.19. The van der Waals surface area contributed by atoms with Crippen LogP contribution in [0.15, 0.2) is 0 Å². The van der Waals surface area contributed by atoms with Crippen molar-refractivity contribution in [3.8, 4) is 0 Å². The minimum atomic E-state index is -4.04. The first-order chi connectivity index (χ1) is 22.1. The molecule has 0 aliphatic rings. The zero-order valence-corrected chi connectivity index (χ0v) is 29.8. The first kappa shape index (κ1) is 44.8. The van der Waals surface area contributed by atoms with Crippen molar-refractivity contribution < 1.29 is 52.4 Å². The number of nitrogens with one attached hydrogen (secondary N) is 1. The molecule has 0 spiro atoms. The van der Waals surface area contributed by atoms with Crippen LogP contribution in [0.3, 0.4) is 0 Å². The zero-order valence-electron chi connectivity index (χ0n) is 28.1. The predicted molar refractivity (Wildman–Crippen MR) is 180 cm³/mol. The summed E-state index contributed by atoms with van der Waals surface area (Å²) in [7, 11) is -4.04. The van der Waals surface area contributed by atoms with Gasteiger partial charge >= 0.3 is 19.5 Å². The summed E-state index contributed by atoms with van der Waals surface area (Å²) >= 11 is 1.35. The fraction of sp³-hybridized carbons (Fsp3) is 0.903. The number of ether oxygens (including phenoxy) is 5. The van der Waals surface area contributed by atoms with Gasteiger partial charge in [-0.2, -0.15) is 11.8 Å². The van der Waals surface area contributed by atoms with Crippen LogP contribution in [0.2, 0.25) is 0 Å². The summed E-state index contributed by atoms with van der Waals surface area (Å²) in [6.07, 6.45) is 12.9. The molecule has 5 N–H and O–H groups in total. The molecule has 2 atom stereocenters. The van der Waals surface area contributed by atoms with Crippen LogP contribution in [0.1, 0.15) is 97.3 Å². The van der Waals surface area contributed by atoms with Crippen LogP contribution in [0.25, 0.3) is 0 Å². The summed E-state index contributed by atoms with van der Waals surface area (Å²) in [5.41, 5.74) is 6.00. The molecule has 0 unspecified atom stereocenters. The SMILES string of the molecule is CCCCCCCCCCCCCC(=O)OC[C@H](CSC[C@H](N)C(=O)NCCOCCOCCOCCP(=O)(O)O)OC(=O)CC. The normalized spacial score (nSPS) is 12.9. The highest BCUT2D eigenvalue weighted by atomic mass is 32.2. The van der Waals surface area contributed by atoms with Gasteiger partial charge in [0, 0.05) is 30.9 Å². The molecular weight excluding hydrogens is 639 g/mol. The Bertz CT molecular complexity index is 819. The first-order valence-corrected chi connectivity index (χ1v) is 19.8. The fourth-order valence-electron chi connectivity index (χ4n) is 4.08. The number of hydrogen-bond donors (Lipinski definition) is 4. The van der Waals surface area contributed by atoms with Gasteiger partial charge in [0.05, 0.1) is 51.8 Å². The van der Waals surface area contributed by atoms with Crippen LogP contribution in [-0.4, -0.2) is 110 Å². The molecule has 0 aliphatic heterocycles. The number of rotatable bonds is 33. The summed E-state index contributed by atoms with van der Waals surface area (Å²) in [6, 6.07) is -0.773. The second-order valence-electron chi connectivity index (χ2n) is 11.1. The van der Waals surface area contributed by atoms with E-state index >= 15 is 0 Å². The Morgan fingerprint density at radius 2 is 1.30 bits per heavy atom. The van der Waals surface area contributed by atoms with Crippen molar-refractivity contribution in [2.75, 3.05) is 70.5 Å². The molecule has 0 aromatic carbocycles. The van der Waals surface area contributed by atoms with Crippen molar-refractivity contribution in [2.24, 2.45) is 5.73 Å². The highest BCUT2D eigenvalue weighted by Crippen LogP contribution is 2.33. The molecule has 272 valence electrons. The molecule has 0 rings (SSSR count). The summed E-state index contributed by atoms with van der Waals surface area (Å²) in [6.45, 7) is 5.51. The van der Waals surface area contributed by atoms with Gasteiger partial charge in [0.1, 0.15) is 12.7 Å². The fourth-order valence-corrected chi connectivity index (χ4v) is 5.42. The maximum Gasteiger partial charge on any atom is 0.327 e. The van der Waals surface area contributed by atoms with Gasteiger partial charge < -0.3 is 44.5 Å². The van der Waals surface area contributed by atoms with E-state index in [4.69, 9.17) is 39.2 Å². The molecule has 13 nitrogen and oxygen atoms in total. The van der Waals surface area contributed by atoms with Crippen molar-refractivity contribution in [1.82, 2.24) is 5.32 Å². The Morgan fingerprint density at radius 3 is 1.87 bits per heavy atom. The highest BCUT2D eigenvalue weighted by molar-refractivity contribution is 7.99. The topological polar surface area (TPSA) is 193 Å². The molecule has 0 saturated heterocycles. The van der Waals surface area contributed by atoms with Gasteiger partial charge in [-0.05, 0) is 6.42 Å². The van der Waals surface area contributed by atoms with Crippen molar-refractivity contribution >= 4 is 37.2 Å². The van der Waals surface area contributed by atoms with Crippen LogP contribution in [0.5, 0.6) is 0 Å². The first-order valence-electron chi connectivity index (χ1n) is 16.8. The average Bonchev–Trinajstić information content (AvgIpc) is 3.01. The van der Waals surface area contributed by atoms with Gasteiger partial charge in [-0.3, -0.25) is 18.9 Å². The molecule has 0 heterocycles. The second kappa shape index (κ2) is 31.0. The Morgan fingerprint density at radius 1 is 0.761 bits per heavy atom. The van der Waals surface area contributed by atoms with E-state index in [1.165, 1.54) is 63.1 Å². The monoisotopic (exact) mass is 700 g/mol. The number of unbranched alkanes of at least 4 members (excludes halogenated alkanes) is 10. The molecule has 0 bridgehead atoms. The smallest absolute Gasteiger partial charge is 0.327 e. The third-order valence-electron chi connectivity index (χ3n) is 6.76. The third-order valence-corrected chi connectivity index (χ3v) is 8.72. The third kappa shape index (κ3) is 31.4. The van der Waals surface area contributed by atoms with Crippen molar-refractivity contribution in [3.63, 3.8) is 0 Å². The van der Waals surface area contributed by atoms with Gasteiger partial charge in [0.15, 0.2) is 0 Å². The van der Waals surface area contributed by atoms with E-state index in [0.717, 1.165) is 19.3 Å². The van der Waals surface area contributed by atoms with Crippen LogP contribution in [0.4, 0.5) is 0 Å². The van der Waals surface area contributed by atoms with Gasteiger partial charge in [0.2, 0.25) is 5.91 Å². The largest absolute Gasteiger partial charge is 0.462 e. The lowest BCUT2D eigenvalue weighted by Gasteiger charge is -2.18. The number of carbonyl (C=O) groups is 3. The molecule has 0 aromatic rings. The number of hydrogen-bond acceptors (Lipinski definition) is 11. The summed E-state index contributed by atoms with van der Waals surface area (Å²) in [5, 5.41) is 2.71. The minimum Gasteiger partial charge on any atom is -0.462 e. The van der Waals surface area contributed by atoms with Crippen LogP contribution in [-0.2, 0) is 42.6 Å². The van der Waals surface area contributed by atoms with E-state index in [2.05, 4.69) is 12.2 Å². The van der Waals surface area contributed by atoms with Crippen molar-refractivity contribution in [2.45, 2.75) is 109 Å². The number of amides is 1. The Labute approximate surface area is 280 Å². The zero-order chi connectivity index (χ0) is 34.3. The van der Waals surface area contributed by atoms with E-state index in [1.54, 1.807) is 6.92 Å². The summed E-state index contributed by atoms with van der Waals surface area (Å²) in [4.78, 5) is 53.8. The summed E-state index contributed by atoms with van der Waals surface area (Å²) < 4.78 is 37.2. The maximum atomic E-state index is 12.3. The number of esters is 2. The number of nitrogens with two attached hydrogens (primary N) is 1. The Hall–Kier alpha value is -1.25. The molecule has 0 aromatic heterocycles.